The number of thioether (sulfide) groups is 1. The second kappa shape index (κ2) is 7.76. The first kappa shape index (κ1) is 14.8. The van der Waals surface area contributed by atoms with Crippen LogP contribution in [0.4, 0.5) is 0 Å². The van der Waals surface area contributed by atoms with Crippen LogP contribution in [0.3, 0.4) is 0 Å². The van der Waals surface area contributed by atoms with Gasteiger partial charge in [-0.1, -0.05) is 37.5 Å². The highest BCUT2D eigenvalue weighted by Crippen LogP contribution is 2.24. The molecule has 0 bridgehead atoms. The molecule has 4 heteroatoms. The first-order valence-corrected chi connectivity index (χ1v) is 8.98. The Hall–Kier alpha value is -1.13. The highest BCUT2D eigenvalue weighted by Gasteiger charge is 2.11. The molecule has 21 heavy (non-hydrogen) atoms. The minimum Gasteiger partial charge on any atom is -0.314 e. The summed E-state index contributed by atoms with van der Waals surface area (Å²) in [7, 11) is 0. The molecule has 112 valence electrons. The predicted molar refractivity (Wildman–Crippen MR) is 89.8 cm³/mol. The average Bonchev–Trinajstić information content (AvgIpc) is 2.56. The lowest BCUT2D eigenvalue weighted by atomic mass is 9.95. The molecular formula is C17H23N3S. The van der Waals surface area contributed by atoms with E-state index in [0.29, 0.717) is 0 Å². The number of rotatable bonds is 6. The van der Waals surface area contributed by atoms with E-state index < -0.39 is 0 Å². The minimum atomic E-state index is 0.767. The maximum atomic E-state index is 4.43. The van der Waals surface area contributed by atoms with Crippen molar-refractivity contribution in [2.24, 2.45) is 0 Å². The Balaban J connectivity index is 1.44. The van der Waals surface area contributed by atoms with Crippen LogP contribution in [0.15, 0.2) is 35.6 Å². The maximum absolute atomic E-state index is 4.43. The van der Waals surface area contributed by atoms with Gasteiger partial charge in [0.15, 0.2) is 0 Å². The molecule has 0 saturated heterocycles. The molecular weight excluding hydrogens is 278 g/mol. The van der Waals surface area contributed by atoms with Gasteiger partial charge in [0.25, 0.3) is 0 Å². The molecule has 3 nitrogen and oxygen atoms in total. The van der Waals surface area contributed by atoms with E-state index in [1.807, 2.05) is 23.9 Å². The molecule has 1 N–H and O–H groups in total. The zero-order valence-corrected chi connectivity index (χ0v) is 13.2. The van der Waals surface area contributed by atoms with E-state index in [0.717, 1.165) is 28.9 Å². The summed E-state index contributed by atoms with van der Waals surface area (Å²) in [5, 5.41) is 5.98. The Morgan fingerprint density at radius 2 is 1.95 bits per heavy atom. The molecule has 0 radical (unpaired) electrons. The number of nitrogens with zero attached hydrogens (tertiary/aromatic N) is 2. The molecule has 1 aromatic carbocycles. The first-order valence-electron chi connectivity index (χ1n) is 7.99. The van der Waals surface area contributed by atoms with Crippen LogP contribution >= 0.6 is 11.8 Å². The largest absolute Gasteiger partial charge is 0.314 e. The summed E-state index contributed by atoms with van der Waals surface area (Å²) in [5.41, 5.74) is 1.04. The predicted octanol–water partition coefficient (Wildman–Crippen LogP) is 4.03. The van der Waals surface area contributed by atoms with E-state index in [-0.39, 0.29) is 0 Å². The topological polar surface area (TPSA) is 37.8 Å². The van der Waals surface area contributed by atoms with Crippen molar-refractivity contribution in [2.45, 2.75) is 49.6 Å². The number of nitrogens with one attached hydrogen (secondary N) is 1. The van der Waals surface area contributed by atoms with Gasteiger partial charge in [-0.2, -0.15) is 0 Å². The Morgan fingerprint density at radius 3 is 2.86 bits per heavy atom. The molecule has 1 heterocycles. The van der Waals surface area contributed by atoms with E-state index in [1.165, 1.54) is 43.9 Å². The number of fused-ring (bicyclic) bond motifs is 1. The quantitative estimate of drug-likeness (QED) is 0.496. The van der Waals surface area contributed by atoms with E-state index in [2.05, 4.69) is 27.4 Å². The van der Waals surface area contributed by atoms with Crippen molar-refractivity contribution in [3.8, 4) is 0 Å². The molecule has 0 aliphatic heterocycles. The van der Waals surface area contributed by atoms with Crippen molar-refractivity contribution in [3.05, 3.63) is 30.6 Å². The van der Waals surface area contributed by atoms with Crippen LogP contribution in [-0.2, 0) is 0 Å². The molecule has 1 aromatic heterocycles. The Kier molecular flexibility index (Phi) is 5.46. The molecule has 1 aliphatic carbocycles. The van der Waals surface area contributed by atoms with E-state index >= 15 is 0 Å². The molecule has 3 rings (SSSR count). The van der Waals surface area contributed by atoms with Gasteiger partial charge in [0.2, 0.25) is 0 Å². The highest BCUT2D eigenvalue weighted by molar-refractivity contribution is 7.99. The van der Waals surface area contributed by atoms with Gasteiger partial charge in [-0.3, -0.25) is 0 Å². The number of aromatic nitrogens is 2. The van der Waals surface area contributed by atoms with Crippen molar-refractivity contribution >= 4 is 22.7 Å². The van der Waals surface area contributed by atoms with Gasteiger partial charge < -0.3 is 5.32 Å². The lowest BCUT2D eigenvalue weighted by Crippen LogP contribution is -2.31. The van der Waals surface area contributed by atoms with E-state index in [9.17, 15) is 0 Å². The maximum Gasteiger partial charge on any atom is 0.117 e. The monoisotopic (exact) mass is 301 g/mol. The van der Waals surface area contributed by atoms with E-state index in [1.54, 1.807) is 6.33 Å². The Bertz CT molecular complexity index is 561. The van der Waals surface area contributed by atoms with Crippen LogP contribution in [0.5, 0.6) is 0 Å². The number of benzene rings is 1. The van der Waals surface area contributed by atoms with Crippen LogP contribution in [-0.4, -0.2) is 28.3 Å². The van der Waals surface area contributed by atoms with Crippen molar-refractivity contribution in [1.82, 2.24) is 15.3 Å². The van der Waals surface area contributed by atoms with Crippen LogP contribution in [0.2, 0.25) is 0 Å². The molecule has 1 saturated carbocycles. The standard InChI is InChI=1S/C17H23N3S/c1-2-7-14(8-3-1)18-11-6-12-21-17-15-9-4-5-10-16(15)19-13-20-17/h4-5,9-10,13-14,18H,1-3,6-8,11-12H2. The van der Waals surface area contributed by atoms with Gasteiger partial charge in [0.1, 0.15) is 11.4 Å². The van der Waals surface area contributed by atoms with Gasteiger partial charge >= 0.3 is 0 Å². The fourth-order valence-electron chi connectivity index (χ4n) is 2.95. The highest BCUT2D eigenvalue weighted by atomic mass is 32.2. The van der Waals surface area contributed by atoms with Crippen molar-refractivity contribution < 1.29 is 0 Å². The molecule has 1 fully saturated rings. The molecule has 0 unspecified atom stereocenters. The fraction of sp³-hybridized carbons (Fsp3) is 0.529. The molecule has 0 atom stereocenters. The van der Waals surface area contributed by atoms with Crippen LogP contribution in [0.1, 0.15) is 38.5 Å². The zero-order chi connectivity index (χ0) is 14.3. The van der Waals surface area contributed by atoms with Crippen molar-refractivity contribution in [2.75, 3.05) is 12.3 Å². The second-order valence-electron chi connectivity index (χ2n) is 5.69. The second-order valence-corrected chi connectivity index (χ2v) is 6.77. The molecule has 1 aliphatic rings. The number of hydrogen-bond acceptors (Lipinski definition) is 4. The Morgan fingerprint density at radius 1 is 1.10 bits per heavy atom. The lowest BCUT2D eigenvalue weighted by Gasteiger charge is -2.22. The van der Waals surface area contributed by atoms with Crippen LogP contribution in [0.25, 0.3) is 10.9 Å². The summed E-state index contributed by atoms with van der Waals surface area (Å²) in [6.45, 7) is 1.13. The van der Waals surface area contributed by atoms with Gasteiger partial charge in [-0.05, 0) is 31.9 Å². The van der Waals surface area contributed by atoms with Crippen LogP contribution < -0.4 is 5.32 Å². The molecule has 2 aromatic rings. The van der Waals surface area contributed by atoms with Crippen LogP contribution in [0, 0.1) is 0 Å². The average molecular weight is 301 g/mol. The normalized spacial score (nSPS) is 16.4. The lowest BCUT2D eigenvalue weighted by molar-refractivity contribution is 0.375. The summed E-state index contributed by atoms with van der Waals surface area (Å²) in [5.74, 6) is 1.11. The number of hydrogen-bond donors (Lipinski definition) is 1. The van der Waals surface area contributed by atoms with Crippen molar-refractivity contribution in [1.29, 1.82) is 0 Å². The summed E-state index contributed by atoms with van der Waals surface area (Å²) in [6.07, 6.45) is 9.82. The van der Waals surface area contributed by atoms with Crippen molar-refractivity contribution in [3.63, 3.8) is 0 Å². The van der Waals surface area contributed by atoms with Gasteiger partial charge in [0.05, 0.1) is 5.52 Å². The zero-order valence-electron chi connectivity index (χ0n) is 12.4. The molecule has 0 amide bonds. The smallest absolute Gasteiger partial charge is 0.117 e. The molecule has 0 spiro atoms. The first-order chi connectivity index (χ1) is 10.4. The Labute approximate surface area is 131 Å². The van der Waals surface area contributed by atoms with Gasteiger partial charge in [-0.25, -0.2) is 9.97 Å². The fourth-order valence-corrected chi connectivity index (χ4v) is 3.88. The van der Waals surface area contributed by atoms with Gasteiger partial charge in [-0.15, -0.1) is 11.8 Å². The summed E-state index contributed by atoms with van der Waals surface area (Å²) in [6, 6.07) is 9.01. The summed E-state index contributed by atoms with van der Waals surface area (Å²) >= 11 is 1.85. The number of para-hydroxylation sites is 1. The SMILES string of the molecule is c1ccc2c(SCCCNC3CCCCC3)ncnc2c1. The third-order valence-electron chi connectivity index (χ3n) is 4.10. The minimum absolute atomic E-state index is 0.767. The third kappa shape index (κ3) is 4.17. The van der Waals surface area contributed by atoms with E-state index in [4.69, 9.17) is 0 Å². The summed E-state index contributed by atoms with van der Waals surface area (Å²) in [4.78, 5) is 8.74. The van der Waals surface area contributed by atoms with Gasteiger partial charge in [0, 0.05) is 17.2 Å². The third-order valence-corrected chi connectivity index (χ3v) is 5.20. The summed E-state index contributed by atoms with van der Waals surface area (Å²) < 4.78 is 0.